The van der Waals surface area contributed by atoms with Crippen LogP contribution < -0.4 is 0 Å². The summed E-state index contributed by atoms with van der Waals surface area (Å²) in [6.45, 7) is 0. The highest BCUT2D eigenvalue weighted by Gasteiger charge is 2.27. The van der Waals surface area contributed by atoms with Crippen LogP contribution in [0.3, 0.4) is 0 Å². The number of carbonyl (C=O) groups excluding carboxylic acids is 1. The minimum atomic E-state index is -0.140. The summed E-state index contributed by atoms with van der Waals surface area (Å²) in [5.74, 6) is -0.125. The van der Waals surface area contributed by atoms with Gasteiger partial charge in [0.1, 0.15) is 5.75 Å². The molecule has 1 N–H and O–H groups in total. The average molecular weight is 247 g/mol. The standard InChI is InChI=1S/C16H9NO2/c18-12-6-5-9-7-8-17-15-10-3-1-2-4-11(10)16(19)14(12)13(9)15/h1-8,18H. The lowest BCUT2D eigenvalue weighted by molar-refractivity contribution is 0.103. The third kappa shape index (κ3) is 1.21. The van der Waals surface area contributed by atoms with Crippen molar-refractivity contribution in [2.45, 2.75) is 0 Å². The van der Waals surface area contributed by atoms with E-state index in [1.54, 1.807) is 24.4 Å². The van der Waals surface area contributed by atoms with E-state index in [1.165, 1.54) is 0 Å². The zero-order chi connectivity index (χ0) is 13.0. The van der Waals surface area contributed by atoms with Crippen molar-refractivity contribution in [1.82, 2.24) is 4.98 Å². The molecule has 0 spiro atoms. The fraction of sp³-hybridized carbons (Fsp3) is 0. The Morgan fingerprint density at radius 2 is 1.74 bits per heavy atom. The monoisotopic (exact) mass is 247 g/mol. The zero-order valence-corrected chi connectivity index (χ0v) is 9.92. The summed E-state index contributed by atoms with van der Waals surface area (Å²) in [6, 6.07) is 12.6. The van der Waals surface area contributed by atoms with Gasteiger partial charge in [0.05, 0.1) is 11.3 Å². The van der Waals surface area contributed by atoms with Crippen molar-refractivity contribution < 1.29 is 9.90 Å². The van der Waals surface area contributed by atoms with Crippen LogP contribution in [-0.2, 0) is 0 Å². The number of ketones is 1. The number of carbonyl (C=O) groups is 1. The van der Waals surface area contributed by atoms with Gasteiger partial charge in [-0.3, -0.25) is 9.78 Å². The summed E-state index contributed by atoms with van der Waals surface area (Å²) in [5, 5.41) is 11.7. The van der Waals surface area contributed by atoms with Crippen molar-refractivity contribution in [1.29, 1.82) is 0 Å². The molecular formula is C16H9NO2. The molecule has 90 valence electrons. The highest BCUT2D eigenvalue weighted by molar-refractivity contribution is 6.26. The van der Waals surface area contributed by atoms with Crippen molar-refractivity contribution >= 4 is 16.6 Å². The largest absolute Gasteiger partial charge is 0.507 e. The number of aromatic nitrogens is 1. The molecule has 0 radical (unpaired) electrons. The lowest BCUT2D eigenvalue weighted by Crippen LogP contribution is -2.10. The highest BCUT2D eigenvalue weighted by Crippen LogP contribution is 2.40. The van der Waals surface area contributed by atoms with Gasteiger partial charge in [-0.05, 0) is 17.5 Å². The molecule has 0 unspecified atom stereocenters. The van der Waals surface area contributed by atoms with E-state index in [9.17, 15) is 9.90 Å². The van der Waals surface area contributed by atoms with Crippen molar-refractivity contribution in [2.75, 3.05) is 0 Å². The van der Waals surface area contributed by atoms with Gasteiger partial charge in [-0.25, -0.2) is 0 Å². The van der Waals surface area contributed by atoms with Crippen LogP contribution in [0.2, 0.25) is 0 Å². The van der Waals surface area contributed by atoms with Gasteiger partial charge in [0.15, 0.2) is 5.78 Å². The highest BCUT2D eigenvalue weighted by atomic mass is 16.3. The molecule has 4 rings (SSSR count). The number of pyridine rings is 1. The molecule has 0 aliphatic heterocycles. The molecule has 0 saturated carbocycles. The van der Waals surface area contributed by atoms with Crippen LogP contribution in [0.15, 0.2) is 48.7 Å². The second-order valence-electron chi connectivity index (χ2n) is 4.59. The Bertz CT molecular complexity index is 852. The summed E-state index contributed by atoms with van der Waals surface area (Å²) in [5.41, 5.74) is 2.55. The van der Waals surface area contributed by atoms with E-state index in [0.29, 0.717) is 11.1 Å². The summed E-state index contributed by atoms with van der Waals surface area (Å²) in [4.78, 5) is 16.9. The predicted molar refractivity (Wildman–Crippen MR) is 72.3 cm³/mol. The number of hydrogen-bond donors (Lipinski definition) is 1. The average Bonchev–Trinajstić information content (AvgIpc) is 2.45. The Hall–Kier alpha value is -2.68. The summed E-state index contributed by atoms with van der Waals surface area (Å²) < 4.78 is 0. The van der Waals surface area contributed by atoms with Gasteiger partial charge < -0.3 is 5.11 Å². The number of phenolic OH excluding ortho intramolecular Hbond substituents is 1. The Morgan fingerprint density at radius 1 is 0.947 bits per heavy atom. The predicted octanol–water partition coefficient (Wildman–Crippen LogP) is 3.15. The third-order valence-corrected chi connectivity index (χ3v) is 3.56. The summed E-state index contributed by atoms with van der Waals surface area (Å²) >= 11 is 0. The minimum absolute atomic E-state index is 0.0150. The van der Waals surface area contributed by atoms with Crippen molar-refractivity contribution in [3.8, 4) is 17.0 Å². The molecule has 1 aliphatic rings. The van der Waals surface area contributed by atoms with Crippen molar-refractivity contribution in [3.63, 3.8) is 0 Å². The molecule has 1 aliphatic carbocycles. The van der Waals surface area contributed by atoms with Gasteiger partial charge in [-0.1, -0.05) is 30.3 Å². The second kappa shape index (κ2) is 3.42. The van der Waals surface area contributed by atoms with Crippen LogP contribution in [0.25, 0.3) is 22.0 Å². The van der Waals surface area contributed by atoms with Crippen LogP contribution in [0.5, 0.6) is 5.75 Å². The van der Waals surface area contributed by atoms with Gasteiger partial charge in [-0.2, -0.15) is 0 Å². The molecule has 1 heterocycles. The molecule has 1 aromatic heterocycles. The summed E-state index contributed by atoms with van der Waals surface area (Å²) in [7, 11) is 0. The molecule has 0 saturated heterocycles. The first-order chi connectivity index (χ1) is 9.27. The lowest BCUT2D eigenvalue weighted by Gasteiger charge is -2.19. The molecule has 0 amide bonds. The molecule has 3 aromatic rings. The van der Waals surface area contributed by atoms with E-state index in [-0.39, 0.29) is 11.5 Å². The first-order valence-corrected chi connectivity index (χ1v) is 6.02. The smallest absolute Gasteiger partial charge is 0.198 e. The Kier molecular flexibility index (Phi) is 1.85. The van der Waals surface area contributed by atoms with Crippen LogP contribution in [0, 0.1) is 0 Å². The molecule has 3 heteroatoms. The normalized spacial score (nSPS) is 12.5. The number of hydrogen-bond acceptors (Lipinski definition) is 3. The maximum Gasteiger partial charge on any atom is 0.198 e. The van der Waals surface area contributed by atoms with E-state index < -0.39 is 0 Å². The molecule has 0 bridgehead atoms. The van der Waals surface area contributed by atoms with E-state index in [2.05, 4.69) is 4.98 Å². The number of rotatable bonds is 0. The van der Waals surface area contributed by atoms with Crippen molar-refractivity contribution in [2.24, 2.45) is 0 Å². The van der Waals surface area contributed by atoms with Crippen LogP contribution in [0.4, 0.5) is 0 Å². The van der Waals surface area contributed by atoms with Gasteiger partial charge in [0.2, 0.25) is 0 Å². The number of benzene rings is 2. The number of phenols is 1. The Balaban J connectivity index is 2.30. The minimum Gasteiger partial charge on any atom is -0.507 e. The van der Waals surface area contributed by atoms with E-state index in [1.807, 2.05) is 24.3 Å². The van der Waals surface area contributed by atoms with E-state index in [0.717, 1.165) is 22.0 Å². The molecule has 2 aromatic carbocycles. The molecule has 0 atom stereocenters. The van der Waals surface area contributed by atoms with E-state index in [4.69, 9.17) is 0 Å². The number of nitrogens with zero attached hydrogens (tertiary/aromatic N) is 1. The molecular weight excluding hydrogens is 238 g/mol. The maximum absolute atomic E-state index is 12.5. The topological polar surface area (TPSA) is 50.2 Å². The Morgan fingerprint density at radius 3 is 2.58 bits per heavy atom. The first-order valence-electron chi connectivity index (χ1n) is 6.02. The lowest BCUT2D eigenvalue weighted by atomic mass is 9.85. The van der Waals surface area contributed by atoms with Gasteiger partial charge in [-0.15, -0.1) is 0 Å². The first kappa shape index (κ1) is 10.3. The van der Waals surface area contributed by atoms with Crippen LogP contribution in [-0.4, -0.2) is 15.9 Å². The van der Waals surface area contributed by atoms with Gasteiger partial charge in [0, 0.05) is 22.7 Å². The molecule has 0 fully saturated rings. The fourth-order valence-electron chi connectivity index (χ4n) is 2.71. The van der Waals surface area contributed by atoms with Gasteiger partial charge in [0.25, 0.3) is 0 Å². The maximum atomic E-state index is 12.5. The quantitative estimate of drug-likeness (QED) is 0.519. The summed E-state index contributed by atoms with van der Waals surface area (Å²) in [6.07, 6.45) is 1.73. The molecule has 19 heavy (non-hydrogen) atoms. The van der Waals surface area contributed by atoms with Crippen molar-refractivity contribution in [3.05, 3.63) is 59.8 Å². The number of aromatic hydroxyl groups is 1. The van der Waals surface area contributed by atoms with E-state index >= 15 is 0 Å². The Labute approximate surface area is 109 Å². The molecule has 3 nitrogen and oxygen atoms in total. The second-order valence-corrected chi connectivity index (χ2v) is 4.59. The third-order valence-electron chi connectivity index (χ3n) is 3.56. The number of fused-ring (bicyclic) bond motifs is 2. The fourth-order valence-corrected chi connectivity index (χ4v) is 2.71. The van der Waals surface area contributed by atoms with Crippen LogP contribution >= 0.6 is 0 Å². The SMILES string of the molecule is O=C1c2ccccc2-c2nccc3ccc(O)c1c23. The zero-order valence-electron chi connectivity index (χ0n) is 9.92. The van der Waals surface area contributed by atoms with Crippen LogP contribution in [0.1, 0.15) is 15.9 Å². The van der Waals surface area contributed by atoms with Gasteiger partial charge >= 0.3 is 0 Å².